The van der Waals surface area contributed by atoms with Crippen molar-refractivity contribution < 1.29 is 14.3 Å². The van der Waals surface area contributed by atoms with Crippen LogP contribution >= 0.6 is 0 Å². The maximum atomic E-state index is 12.6. The van der Waals surface area contributed by atoms with Crippen LogP contribution in [-0.2, 0) is 30.7 Å². The van der Waals surface area contributed by atoms with Crippen molar-refractivity contribution in [2.24, 2.45) is 17.8 Å². The van der Waals surface area contributed by atoms with Gasteiger partial charge in [0.15, 0.2) is 0 Å². The Hall–Kier alpha value is -5.31. The second kappa shape index (κ2) is 21.7. The molecule has 8 rings (SSSR count). The van der Waals surface area contributed by atoms with Gasteiger partial charge in [-0.25, -0.2) is 9.97 Å². The van der Waals surface area contributed by atoms with Crippen LogP contribution in [0.15, 0.2) is 85.2 Å². The minimum atomic E-state index is 0.132. The number of aromatic nitrogens is 4. The molecule has 0 bridgehead atoms. The van der Waals surface area contributed by atoms with Crippen LogP contribution in [0.25, 0.3) is 22.1 Å². The second-order valence-corrected chi connectivity index (χ2v) is 18.1. The SMILES string of the molecule is CCOc1ccc(Cc2cc3cc(N(C)C(=O)CC(C)C)cnc3n2CC2CCCCC2)cc1.CCOc1ccc(Cc2cc3cc(NC)cnc3n2CC2CCCCC2)cc1. The van der Waals surface area contributed by atoms with Gasteiger partial charge in [0.05, 0.1) is 37.0 Å². The van der Waals surface area contributed by atoms with Crippen LogP contribution in [0.1, 0.15) is 121 Å². The molecule has 4 aromatic heterocycles. The number of nitrogens with one attached hydrogen (secondary N) is 1. The number of ether oxygens (including phenoxy) is 2. The molecule has 0 spiro atoms. The Morgan fingerprint density at radius 2 is 1.16 bits per heavy atom. The minimum absolute atomic E-state index is 0.132. The van der Waals surface area contributed by atoms with E-state index < -0.39 is 0 Å². The van der Waals surface area contributed by atoms with Gasteiger partial charge in [0, 0.05) is 68.6 Å². The summed E-state index contributed by atoms with van der Waals surface area (Å²) in [5.41, 5.74) is 9.28. The van der Waals surface area contributed by atoms with E-state index in [9.17, 15) is 4.79 Å². The van der Waals surface area contributed by atoms with Crippen LogP contribution in [0.5, 0.6) is 11.5 Å². The molecule has 330 valence electrons. The molecule has 0 unspecified atom stereocenters. The molecule has 2 aliphatic carbocycles. The number of fused-ring (bicyclic) bond motifs is 2. The van der Waals surface area contributed by atoms with E-state index in [1.54, 1.807) is 4.90 Å². The zero-order valence-corrected chi connectivity index (χ0v) is 38.3. The Labute approximate surface area is 370 Å². The zero-order valence-electron chi connectivity index (χ0n) is 38.3. The van der Waals surface area contributed by atoms with Crippen LogP contribution in [0, 0.1) is 17.8 Å². The summed E-state index contributed by atoms with van der Waals surface area (Å²) in [4.78, 5) is 24.0. The number of carbonyl (C=O) groups excluding carboxylic acids is 1. The maximum Gasteiger partial charge on any atom is 0.227 e. The van der Waals surface area contributed by atoms with E-state index in [0.717, 1.165) is 71.4 Å². The van der Waals surface area contributed by atoms with Gasteiger partial charge in [-0.3, -0.25) is 4.79 Å². The molecule has 9 nitrogen and oxygen atoms in total. The topological polar surface area (TPSA) is 86.4 Å². The predicted molar refractivity (Wildman–Crippen MR) is 256 cm³/mol. The van der Waals surface area contributed by atoms with Gasteiger partial charge in [-0.1, -0.05) is 76.6 Å². The zero-order chi connectivity index (χ0) is 43.4. The van der Waals surface area contributed by atoms with Gasteiger partial charge in [-0.15, -0.1) is 0 Å². The molecular weight excluding hydrogens is 769 g/mol. The van der Waals surface area contributed by atoms with Gasteiger partial charge >= 0.3 is 0 Å². The van der Waals surface area contributed by atoms with Crippen LogP contribution in [0.2, 0.25) is 0 Å². The number of carbonyl (C=O) groups is 1. The molecule has 2 fully saturated rings. The molecule has 0 radical (unpaired) electrons. The predicted octanol–water partition coefficient (Wildman–Crippen LogP) is 12.3. The molecule has 0 saturated heterocycles. The van der Waals surface area contributed by atoms with E-state index in [0.29, 0.717) is 31.5 Å². The molecule has 2 saturated carbocycles. The third-order valence-corrected chi connectivity index (χ3v) is 12.8. The molecule has 1 N–H and O–H groups in total. The smallest absolute Gasteiger partial charge is 0.227 e. The van der Waals surface area contributed by atoms with Crippen LogP contribution in [-0.4, -0.2) is 52.3 Å². The lowest BCUT2D eigenvalue weighted by Crippen LogP contribution is -2.27. The molecule has 2 aromatic carbocycles. The second-order valence-electron chi connectivity index (χ2n) is 18.1. The first kappa shape index (κ1) is 44.7. The lowest BCUT2D eigenvalue weighted by Gasteiger charge is -2.23. The summed E-state index contributed by atoms with van der Waals surface area (Å²) in [6.07, 6.45) is 19.6. The average molecular weight is 839 g/mol. The molecule has 1 amide bonds. The van der Waals surface area contributed by atoms with Crippen molar-refractivity contribution >= 4 is 39.3 Å². The minimum Gasteiger partial charge on any atom is -0.494 e. The van der Waals surface area contributed by atoms with E-state index in [-0.39, 0.29) is 5.91 Å². The van der Waals surface area contributed by atoms with Crippen LogP contribution in [0.4, 0.5) is 11.4 Å². The monoisotopic (exact) mass is 839 g/mol. The van der Waals surface area contributed by atoms with E-state index in [2.05, 4.69) is 101 Å². The highest BCUT2D eigenvalue weighted by atomic mass is 16.5. The maximum absolute atomic E-state index is 12.6. The van der Waals surface area contributed by atoms with E-state index in [4.69, 9.17) is 19.4 Å². The van der Waals surface area contributed by atoms with E-state index in [1.165, 1.54) is 92.1 Å². The quantitative estimate of drug-likeness (QED) is 0.104. The fourth-order valence-corrected chi connectivity index (χ4v) is 9.45. The fraction of sp³-hybridized carbons (Fsp3) is 0.491. The summed E-state index contributed by atoms with van der Waals surface area (Å²) in [6.45, 7) is 11.7. The number of pyridine rings is 2. The average Bonchev–Trinajstić information content (AvgIpc) is 3.80. The Bertz CT molecular complexity index is 2330. The summed E-state index contributed by atoms with van der Waals surface area (Å²) >= 11 is 0. The normalized spacial score (nSPS) is 14.8. The summed E-state index contributed by atoms with van der Waals surface area (Å²) in [5.74, 6) is 3.80. The number of nitrogens with zero attached hydrogens (tertiary/aromatic N) is 5. The first-order valence-electron chi connectivity index (χ1n) is 23.5. The lowest BCUT2D eigenvalue weighted by molar-refractivity contribution is -0.119. The Balaban J connectivity index is 0.000000190. The first-order chi connectivity index (χ1) is 30.2. The molecule has 0 aliphatic heterocycles. The van der Waals surface area contributed by atoms with Gasteiger partial charge < -0.3 is 28.8 Å². The highest BCUT2D eigenvalue weighted by Gasteiger charge is 2.21. The standard InChI is InChI=1S/C29H39N3O2.C24H31N3O/c1-5-34-27-13-11-22(12-14-27)16-25-17-24-18-26(31(4)28(33)15-21(2)3)19-30-29(24)32(25)20-23-9-7-6-8-10-23;1-3-28-23-11-9-18(10-12-23)13-22-15-20-14-21(25-2)16-26-24(20)27(22)17-19-7-5-4-6-8-19/h11-14,17-19,21,23H,5-10,15-16,20H2,1-4H3;9-12,14-16,19,25H,3-8,13,17H2,1-2H3. The number of hydrogen-bond acceptors (Lipinski definition) is 6. The van der Waals surface area contributed by atoms with Crippen LogP contribution in [0.3, 0.4) is 0 Å². The van der Waals surface area contributed by atoms with Crippen molar-refractivity contribution in [3.63, 3.8) is 0 Å². The number of hydrogen-bond donors (Lipinski definition) is 1. The number of benzene rings is 2. The molecule has 0 atom stereocenters. The summed E-state index contributed by atoms with van der Waals surface area (Å²) < 4.78 is 16.1. The molecule has 62 heavy (non-hydrogen) atoms. The molecule has 2 aliphatic rings. The Morgan fingerprint density at radius 3 is 1.61 bits per heavy atom. The van der Waals surface area contributed by atoms with Crippen LogP contribution < -0.4 is 19.7 Å². The number of rotatable bonds is 16. The first-order valence-corrected chi connectivity index (χ1v) is 23.5. The van der Waals surface area contributed by atoms with Crippen molar-refractivity contribution in [1.82, 2.24) is 19.1 Å². The van der Waals surface area contributed by atoms with Crippen molar-refractivity contribution in [3.05, 3.63) is 108 Å². The number of amides is 1. The highest BCUT2D eigenvalue weighted by molar-refractivity contribution is 5.95. The van der Waals surface area contributed by atoms with E-state index in [1.807, 2.05) is 40.3 Å². The van der Waals surface area contributed by atoms with E-state index >= 15 is 0 Å². The van der Waals surface area contributed by atoms with Gasteiger partial charge in [0.25, 0.3) is 0 Å². The van der Waals surface area contributed by atoms with Crippen molar-refractivity contribution in [3.8, 4) is 11.5 Å². The number of anilines is 2. The third-order valence-electron chi connectivity index (χ3n) is 12.8. The molecular formula is C53H70N6O3. The Morgan fingerprint density at radius 1 is 0.694 bits per heavy atom. The van der Waals surface area contributed by atoms with Gasteiger partial charge in [-0.2, -0.15) is 0 Å². The fourth-order valence-electron chi connectivity index (χ4n) is 9.45. The van der Waals surface area contributed by atoms with Crippen molar-refractivity contribution in [2.45, 2.75) is 124 Å². The van der Waals surface area contributed by atoms with Crippen molar-refractivity contribution in [2.75, 3.05) is 37.5 Å². The molecule has 9 heteroatoms. The molecule has 4 heterocycles. The van der Waals surface area contributed by atoms with Gasteiger partial charge in [0.1, 0.15) is 22.8 Å². The van der Waals surface area contributed by atoms with Crippen molar-refractivity contribution in [1.29, 1.82) is 0 Å². The highest BCUT2D eigenvalue weighted by Crippen LogP contribution is 2.32. The summed E-state index contributed by atoms with van der Waals surface area (Å²) in [7, 11) is 3.80. The third kappa shape index (κ3) is 11.6. The molecule has 6 aromatic rings. The lowest BCUT2D eigenvalue weighted by atomic mass is 9.89. The van der Waals surface area contributed by atoms with Gasteiger partial charge in [-0.05, 0) is 117 Å². The Kier molecular flexibility index (Phi) is 15.6. The summed E-state index contributed by atoms with van der Waals surface area (Å²) in [5, 5.41) is 5.55. The van der Waals surface area contributed by atoms with Gasteiger partial charge in [0.2, 0.25) is 5.91 Å². The summed E-state index contributed by atoms with van der Waals surface area (Å²) in [6, 6.07) is 25.9. The largest absolute Gasteiger partial charge is 0.494 e.